The van der Waals surface area contributed by atoms with Crippen molar-refractivity contribution in [3.05, 3.63) is 69.5 Å². The molecule has 2 aromatic heterocycles. The number of carbonyl (C=O) groups excluding carboxylic acids is 1. The SMILES string of the molecule is Cc1nc(C2(NC(=O)c3nn(-c4ccccc4F)c(C)cc3=O)CCCCCC2)no1. The zero-order valence-electron chi connectivity index (χ0n) is 17.5. The summed E-state index contributed by atoms with van der Waals surface area (Å²) in [6.45, 7) is 3.33. The maximum Gasteiger partial charge on any atom is 0.276 e. The smallest absolute Gasteiger partial charge is 0.276 e. The van der Waals surface area contributed by atoms with Crippen LogP contribution >= 0.6 is 0 Å². The fourth-order valence-electron chi connectivity index (χ4n) is 4.08. The second kappa shape index (κ2) is 8.41. The van der Waals surface area contributed by atoms with E-state index in [4.69, 9.17) is 4.52 Å². The number of carbonyl (C=O) groups is 1. The molecule has 1 fully saturated rings. The van der Waals surface area contributed by atoms with Gasteiger partial charge in [-0.2, -0.15) is 10.1 Å². The van der Waals surface area contributed by atoms with E-state index in [-0.39, 0.29) is 11.4 Å². The van der Waals surface area contributed by atoms with Gasteiger partial charge in [-0.25, -0.2) is 9.07 Å². The van der Waals surface area contributed by atoms with Crippen LogP contribution < -0.4 is 10.7 Å². The number of aryl methyl sites for hydroxylation is 2. The van der Waals surface area contributed by atoms with Gasteiger partial charge in [0.25, 0.3) is 5.91 Å². The second-order valence-electron chi connectivity index (χ2n) is 7.95. The molecule has 1 saturated carbocycles. The van der Waals surface area contributed by atoms with Gasteiger partial charge in [-0.05, 0) is 31.9 Å². The molecule has 162 valence electrons. The molecule has 1 aliphatic carbocycles. The molecule has 0 bridgehead atoms. The van der Waals surface area contributed by atoms with Gasteiger partial charge in [0.1, 0.15) is 17.0 Å². The van der Waals surface area contributed by atoms with Crippen LogP contribution in [-0.4, -0.2) is 25.8 Å². The zero-order chi connectivity index (χ0) is 22.0. The topological polar surface area (TPSA) is 103 Å². The number of amides is 1. The van der Waals surface area contributed by atoms with Gasteiger partial charge in [-0.15, -0.1) is 0 Å². The van der Waals surface area contributed by atoms with Gasteiger partial charge in [-0.1, -0.05) is 43.0 Å². The van der Waals surface area contributed by atoms with E-state index in [1.54, 1.807) is 26.0 Å². The van der Waals surface area contributed by atoms with Gasteiger partial charge in [-0.3, -0.25) is 9.59 Å². The molecule has 1 N–H and O–H groups in total. The summed E-state index contributed by atoms with van der Waals surface area (Å²) in [5, 5.41) is 11.2. The quantitative estimate of drug-likeness (QED) is 0.643. The predicted molar refractivity (Wildman–Crippen MR) is 110 cm³/mol. The Morgan fingerprint density at radius 2 is 1.87 bits per heavy atom. The summed E-state index contributed by atoms with van der Waals surface area (Å²) >= 11 is 0. The third kappa shape index (κ3) is 4.12. The van der Waals surface area contributed by atoms with Crippen LogP contribution in [0.1, 0.15) is 66.4 Å². The molecule has 0 spiro atoms. The molecule has 0 atom stereocenters. The van der Waals surface area contributed by atoms with Crippen LogP contribution in [0.4, 0.5) is 4.39 Å². The molecule has 2 heterocycles. The molecule has 8 nitrogen and oxygen atoms in total. The third-order valence-corrected chi connectivity index (χ3v) is 5.67. The van der Waals surface area contributed by atoms with E-state index < -0.39 is 22.7 Å². The van der Waals surface area contributed by atoms with Crippen LogP contribution in [0.5, 0.6) is 0 Å². The Hall–Kier alpha value is -3.36. The lowest BCUT2D eigenvalue weighted by atomic mass is 9.89. The van der Waals surface area contributed by atoms with E-state index >= 15 is 0 Å². The lowest BCUT2D eigenvalue weighted by molar-refractivity contribution is 0.0868. The highest BCUT2D eigenvalue weighted by atomic mass is 19.1. The average molecular weight is 425 g/mol. The largest absolute Gasteiger partial charge is 0.340 e. The van der Waals surface area contributed by atoms with Crippen LogP contribution in [0.25, 0.3) is 5.69 Å². The molecule has 0 aliphatic heterocycles. The lowest BCUT2D eigenvalue weighted by Gasteiger charge is -2.30. The Balaban J connectivity index is 1.74. The Morgan fingerprint density at radius 3 is 2.52 bits per heavy atom. The highest BCUT2D eigenvalue weighted by Crippen LogP contribution is 2.34. The summed E-state index contributed by atoms with van der Waals surface area (Å²) in [6.07, 6.45) is 5.11. The van der Waals surface area contributed by atoms with Gasteiger partial charge in [0.2, 0.25) is 11.3 Å². The Kier molecular flexibility index (Phi) is 5.67. The van der Waals surface area contributed by atoms with Crippen molar-refractivity contribution in [3.63, 3.8) is 0 Å². The highest BCUT2D eigenvalue weighted by Gasteiger charge is 2.39. The number of hydrogen-bond donors (Lipinski definition) is 1. The van der Waals surface area contributed by atoms with Crippen molar-refractivity contribution in [1.29, 1.82) is 0 Å². The van der Waals surface area contributed by atoms with Crippen LogP contribution in [0.2, 0.25) is 0 Å². The zero-order valence-corrected chi connectivity index (χ0v) is 17.5. The van der Waals surface area contributed by atoms with Crippen LogP contribution in [0.3, 0.4) is 0 Å². The Morgan fingerprint density at radius 1 is 1.16 bits per heavy atom. The number of benzene rings is 1. The first-order valence-corrected chi connectivity index (χ1v) is 10.4. The number of nitrogens with zero attached hydrogens (tertiary/aromatic N) is 4. The summed E-state index contributed by atoms with van der Waals surface area (Å²) in [4.78, 5) is 30.2. The maximum absolute atomic E-state index is 14.3. The summed E-state index contributed by atoms with van der Waals surface area (Å²) in [5.74, 6) is -0.333. The molecule has 31 heavy (non-hydrogen) atoms. The second-order valence-corrected chi connectivity index (χ2v) is 7.95. The van der Waals surface area contributed by atoms with Crippen molar-refractivity contribution in [2.75, 3.05) is 0 Å². The van der Waals surface area contributed by atoms with Crippen molar-refractivity contribution >= 4 is 5.91 Å². The van der Waals surface area contributed by atoms with Crippen LogP contribution in [-0.2, 0) is 5.54 Å². The maximum atomic E-state index is 14.3. The molecular formula is C22H24FN5O3. The molecule has 0 saturated heterocycles. The molecule has 4 rings (SSSR count). The Bertz CT molecular complexity index is 1160. The third-order valence-electron chi connectivity index (χ3n) is 5.67. The van der Waals surface area contributed by atoms with Gasteiger partial charge in [0.05, 0.1) is 0 Å². The van der Waals surface area contributed by atoms with E-state index in [1.165, 1.54) is 22.9 Å². The first kappa shape index (κ1) is 20.9. The van der Waals surface area contributed by atoms with Gasteiger partial charge < -0.3 is 9.84 Å². The highest BCUT2D eigenvalue weighted by molar-refractivity contribution is 5.92. The number of para-hydroxylation sites is 1. The first-order valence-electron chi connectivity index (χ1n) is 10.4. The average Bonchev–Trinajstić information content (AvgIpc) is 3.04. The number of hydrogen-bond acceptors (Lipinski definition) is 6. The van der Waals surface area contributed by atoms with Gasteiger partial charge in [0, 0.05) is 18.7 Å². The lowest BCUT2D eigenvalue weighted by Crippen LogP contribution is -2.48. The number of rotatable bonds is 4. The number of aromatic nitrogens is 4. The monoisotopic (exact) mass is 425 g/mol. The normalized spacial score (nSPS) is 16.0. The summed E-state index contributed by atoms with van der Waals surface area (Å²) in [7, 11) is 0. The minimum atomic E-state index is -0.840. The van der Waals surface area contributed by atoms with E-state index in [1.807, 2.05) is 0 Å². The number of nitrogens with one attached hydrogen (secondary N) is 1. The standard InChI is InChI=1S/C22H24FN5O3/c1-14-13-18(29)19(26-28(14)17-10-6-5-9-16(17)23)20(30)25-22(11-7-3-4-8-12-22)21-24-15(2)31-27-21/h5-6,9-10,13H,3-4,7-8,11-12H2,1-2H3,(H,25,30). The molecule has 0 radical (unpaired) electrons. The Labute approximate surface area is 178 Å². The first-order chi connectivity index (χ1) is 14.9. The van der Waals surface area contributed by atoms with Crippen molar-refractivity contribution < 1.29 is 13.7 Å². The molecule has 1 aliphatic rings. The van der Waals surface area contributed by atoms with Gasteiger partial charge in [0.15, 0.2) is 11.5 Å². The fraction of sp³-hybridized carbons (Fsp3) is 0.409. The van der Waals surface area contributed by atoms with Crippen LogP contribution in [0, 0.1) is 19.7 Å². The molecule has 1 amide bonds. The summed E-state index contributed by atoms with van der Waals surface area (Å²) in [5.41, 5.74) is -1.10. The minimum Gasteiger partial charge on any atom is -0.340 e. The fourth-order valence-corrected chi connectivity index (χ4v) is 4.08. The number of halogens is 1. The minimum absolute atomic E-state index is 0.159. The summed E-state index contributed by atoms with van der Waals surface area (Å²) in [6, 6.07) is 7.35. The molecule has 9 heteroatoms. The van der Waals surface area contributed by atoms with E-state index in [0.29, 0.717) is 30.3 Å². The van der Waals surface area contributed by atoms with Gasteiger partial charge >= 0.3 is 0 Å². The van der Waals surface area contributed by atoms with Crippen molar-refractivity contribution in [1.82, 2.24) is 25.2 Å². The van der Waals surface area contributed by atoms with E-state index in [0.717, 1.165) is 25.7 Å². The van der Waals surface area contributed by atoms with E-state index in [2.05, 4.69) is 20.6 Å². The van der Waals surface area contributed by atoms with Crippen LogP contribution in [0.15, 0.2) is 39.6 Å². The van der Waals surface area contributed by atoms with Crippen molar-refractivity contribution in [3.8, 4) is 5.69 Å². The molecular weight excluding hydrogens is 401 g/mol. The summed E-state index contributed by atoms with van der Waals surface area (Å²) < 4.78 is 20.8. The molecule has 0 unspecified atom stereocenters. The van der Waals surface area contributed by atoms with Crippen molar-refractivity contribution in [2.45, 2.75) is 57.9 Å². The van der Waals surface area contributed by atoms with E-state index in [9.17, 15) is 14.0 Å². The van der Waals surface area contributed by atoms with Crippen molar-refractivity contribution in [2.24, 2.45) is 0 Å². The molecule has 3 aromatic rings. The predicted octanol–water partition coefficient (Wildman–Crippen LogP) is 3.35. The molecule has 1 aromatic carbocycles.